The number of ether oxygens (including phenoxy) is 1. The largest absolute Gasteiger partial charge is 0.478 e. The molecule has 6 nitrogen and oxygen atoms in total. The highest BCUT2D eigenvalue weighted by molar-refractivity contribution is 5.87. The molecule has 2 heterocycles. The monoisotopic (exact) mass is 355 g/mol. The average molecular weight is 355 g/mol. The molecule has 6 heteroatoms. The van der Waals surface area contributed by atoms with Gasteiger partial charge in [-0.2, -0.15) is 0 Å². The molecule has 1 atom stereocenters. The second kappa shape index (κ2) is 8.87. The van der Waals surface area contributed by atoms with Crippen molar-refractivity contribution in [1.29, 1.82) is 0 Å². The van der Waals surface area contributed by atoms with Crippen molar-refractivity contribution in [3.05, 3.63) is 59.2 Å². The lowest BCUT2D eigenvalue weighted by Gasteiger charge is -2.32. The van der Waals surface area contributed by atoms with E-state index in [1.807, 2.05) is 24.5 Å². The Kier molecular flexibility index (Phi) is 6.30. The Morgan fingerprint density at radius 1 is 1.23 bits per heavy atom. The molecule has 1 aromatic heterocycles. The Balaban J connectivity index is 1.54. The minimum Gasteiger partial charge on any atom is -0.478 e. The predicted molar refractivity (Wildman–Crippen MR) is 97.9 cm³/mol. The third-order valence-corrected chi connectivity index (χ3v) is 4.77. The molecule has 0 radical (unpaired) electrons. The van der Waals surface area contributed by atoms with Gasteiger partial charge in [-0.1, -0.05) is 12.1 Å². The highest BCUT2D eigenvalue weighted by Crippen LogP contribution is 2.22. The molecule has 2 aromatic rings. The van der Waals surface area contributed by atoms with E-state index >= 15 is 0 Å². The molecule has 0 aliphatic carbocycles. The Morgan fingerprint density at radius 2 is 1.96 bits per heavy atom. The van der Waals surface area contributed by atoms with Gasteiger partial charge in [-0.25, -0.2) is 14.8 Å². The minimum atomic E-state index is -0.876. The zero-order valence-electron chi connectivity index (χ0n) is 15.1. The normalized spacial score (nSPS) is 18.0. The topological polar surface area (TPSA) is 75.5 Å². The average Bonchev–Trinajstić information content (AvgIpc) is 2.64. The van der Waals surface area contributed by atoms with Gasteiger partial charge in [0.1, 0.15) is 6.61 Å². The van der Waals surface area contributed by atoms with Crippen LogP contribution in [0.2, 0.25) is 0 Å². The van der Waals surface area contributed by atoms with Crippen molar-refractivity contribution in [2.75, 3.05) is 20.2 Å². The molecular formula is C20H25N3O3. The van der Waals surface area contributed by atoms with E-state index in [1.54, 1.807) is 19.2 Å². The first-order valence-electron chi connectivity index (χ1n) is 8.97. The van der Waals surface area contributed by atoms with E-state index in [9.17, 15) is 4.79 Å². The number of aromatic carboxylic acids is 1. The smallest absolute Gasteiger partial charge is 0.335 e. The van der Waals surface area contributed by atoms with Crippen molar-refractivity contribution < 1.29 is 14.6 Å². The summed E-state index contributed by atoms with van der Waals surface area (Å²) in [5.74, 6) is 0.421. The van der Waals surface area contributed by atoms with Gasteiger partial charge in [0.2, 0.25) is 0 Å². The predicted octanol–water partition coefficient (Wildman–Crippen LogP) is 2.78. The number of hydrogen-bond donors (Lipinski definition) is 1. The van der Waals surface area contributed by atoms with Crippen molar-refractivity contribution in [3.8, 4) is 0 Å². The number of carboxylic acid groups (broad SMARTS) is 1. The molecule has 138 valence electrons. The lowest BCUT2D eigenvalue weighted by Crippen LogP contribution is -2.35. The standard InChI is InChI=1S/C20H25N3O3/c1-26-14-19-21-10-17(11-22-19)13-23-8-2-3-16(12-23)9-15-4-6-18(7-5-15)20(24)25/h4-7,10-11,16H,2-3,8-9,12-14H2,1H3,(H,24,25)/t16-/m1/s1. The highest BCUT2D eigenvalue weighted by Gasteiger charge is 2.20. The third-order valence-electron chi connectivity index (χ3n) is 4.77. The highest BCUT2D eigenvalue weighted by atomic mass is 16.5. The quantitative estimate of drug-likeness (QED) is 0.823. The number of methoxy groups -OCH3 is 1. The van der Waals surface area contributed by atoms with Crippen molar-refractivity contribution in [2.24, 2.45) is 5.92 Å². The van der Waals surface area contributed by atoms with Gasteiger partial charge in [0.15, 0.2) is 5.82 Å². The molecule has 1 aromatic carbocycles. The number of carboxylic acids is 1. The SMILES string of the molecule is COCc1ncc(CN2CCC[C@H](Cc3ccc(C(=O)O)cc3)C2)cn1. The zero-order valence-corrected chi connectivity index (χ0v) is 15.1. The number of carbonyl (C=O) groups is 1. The van der Waals surface area contributed by atoms with Crippen LogP contribution in [0.4, 0.5) is 0 Å². The van der Waals surface area contributed by atoms with Crippen LogP contribution in [0.1, 0.15) is 40.2 Å². The molecule has 0 bridgehead atoms. The van der Waals surface area contributed by atoms with E-state index in [-0.39, 0.29) is 0 Å². The maximum atomic E-state index is 11.0. The van der Waals surface area contributed by atoms with Gasteiger partial charge in [0, 0.05) is 38.2 Å². The minimum absolute atomic E-state index is 0.343. The van der Waals surface area contributed by atoms with Crippen LogP contribution in [-0.2, 0) is 24.3 Å². The van der Waals surface area contributed by atoms with Gasteiger partial charge >= 0.3 is 5.97 Å². The van der Waals surface area contributed by atoms with Gasteiger partial charge in [-0.15, -0.1) is 0 Å². The van der Waals surface area contributed by atoms with Crippen LogP contribution < -0.4 is 0 Å². The van der Waals surface area contributed by atoms with E-state index in [0.29, 0.717) is 23.9 Å². The van der Waals surface area contributed by atoms with E-state index in [4.69, 9.17) is 9.84 Å². The fraction of sp³-hybridized carbons (Fsp3) is 0.450. The molecule has 0 saturated carbocycles. The van der Waals surface area contributed by atoms with Crippen LogP contribution in [-0.4, -0.2) is 46.1 Å². The molecule has 1 saturated heterocycles. The van der Waals surface area contributed by atoms with Crippen LogP contribution in [0, 0.1) is 5.92 Å². The summed E-state index contributed by atoms with van der Waals surface area (Å²) in [4.78, 5) is 22.1. The number of rotatable bonds is 7. The summed E-state index contributed by atoms with van der Waals surface area (Å²) < 4.78 is 5.04. The number of likely N-dealkylation sites (tertiary alicyclic amines) is 1. The summed E-state index contributed by atoms with van der Waals surface area (Å²) >= 11 is 0. The fourth-order valence-electron chi connectivity index (χ4n) is 3.50. The second-order valence-electron chi connectivity index (χ2n) is 6.89. The van der Waals surface area contributed by atoms with Crippen molar-refractivity contribution in [2.45, 2.75) is 32.4 Å². The van der Waals surface area contributed by atoms with Crippen LogP contribution in [0.15, 0.2) is 36.7 Å². The molecule has 3 rings (SSSR count). The molecule has 0 unspecified atom stereocenters. The van der Waals surface area contributed by atoms with Gasteiger partial charge in [0.25, 0.3) is 0 Å². The lowest BCUT2D eigenvalue weighted by atomic mass is 9.91. The summed E-state index contributed by atoms with van der Waals surface area (Å²) in [6, 6.07) is 7.25. The Morgan fingerprint density at radius 3 is 2.62 bits per heavy atom. The van der Waals surface area contributed by atoms with Crippen LogP contribution in [0.25, 0.3) is 0 Å². The van der Waals surface area contributed by atoms with Crippen molar-refractivity contribution in [1.82, 2.24) is 14.9 Å². The molecule has 0 amide bonds. The first kappa shape index (κ1) is 18.5. The van der Waals surface area contributed by atoms with Gasteiger partial charge in [0.05, 0.1) is 5.56 Å². The molecule has 1 aliphatic heterocycles. The number of piperidine rings is 1. The first-order valence-corrected chi connectivity index (χ1v) is 8.97. The number of hydrogen-bond acceptors (Lipinski definition) is 5. The van der Waals surface area contributed by atoms with Crippen LogP contribution in [0.5, 0.6) is 0 Å². The Hall–Kier alpha value is -2.31. The summed E-state index contributed by atoms with van der Waals surface area (Å²) in [5, 5.41) is 9.00. The van der Waals surface area contributed by atoms with Crippen molar-refractivity contribution in [3.63, 3.8) is 0 Å². The fourth-order valence-corrected chi connectivity index (χ4v) is 3.50. The van der Waals surface area contributed by atoms with Crippen LogP contribution >= 0.6 is 0 Å². The van der Waals surface area contributed by atoms with Gasteiger partial charge < -0.3 is 9.84 Å². The molecule has 26 heavy (non-hydrogen) atoms. The number of aromatic nitrogens is 2. The maximum absolute atomic E-state index is 11.0. The third kappa shape index (κ3) is 5.09. The number of nitrogens with zero attached hydrogens (tertiary/aromatic N) is 3. The zero-order chi connectivity index (χ0) is 18.4. The summed E-state index contributed by atoms with van der Waals surface area (Å²) in [7, 11) is 1.64. The molecule has 1 aliphatic rings. The van der Waals surface area contributed by atoms with E-state index < -0.39 is 5.97 Å². The molecular weight excluding hydrogens is 330 g/mol. The molecule has 1 fully saturated rings. The van der Waals surface area contributed by atoms with Crippen molar-refractivity contribution >= 4 is 5.97 Å². The Labute approximate surface area is 153 Å². The molecule has 1 N–H and O–H groups in total. The maximum Gasteiger partial charge on any atom is 0.335 e. The van der Waals surface area contributed by atoms with E-state index in [0.717, 1.165) is 31.6 Å². The van der Waals surface area contributed by atoms with Gasteiger partial charge in [-0.3, -0.25) is 4.90 Å². The summed E-state index contributed by atoms with van der Waals surface area (Å²) in [6.45, 7) is 3.43. The van der Waals surface area contributed by atoms with Gasteiger partial charge in [-0.05, 0) is 49.4 Å². The number of benzene rings is 1. The second-order valence-corrected chi connectivity index (χ2v) is 6.89. The first-order chi connectivity index (χ1) is 12.6. The summed E-state index contributed by atoms with van der Waals surface area (Å²) in [6.07, 6.45) is 7.14. The molecule has 0 spiro atoms. The summed E-state index contributed by atoms with van der Waals surface area (Å²) in [5.41, 5.74) is 2.67. The van der Waals surface area contributed by atoms with Crippen LogP contribution in [0.3, 0.4) is 0 Å². The lowest BCUT2D eigenvalue weighted by molar-refractivity contribution is 0.0697. The van der Waals surface area contributed by atoms with E-state index in [2.05, 4.69) is 14.9 Å². The van der Waals surface area contributed by atoms with E-state index in [1.165, 1.54) is 18.4 Å². The Bertz CT molecular complexity index is 716.